The number of carboxylic acids is 1. The molecule has 0 spiro atoms. The van der Waals surface area contributed by atoms with Crippen molar-refractivity contribution in [1.29, 1.82) is 0 Å². The number of aromatic nitrogens is 1. The molecule has 0 radical (unpaired) electrons. The van der Waals surface area contributed by atoms with E-state index in [1.807, 2.05) is 0 Å². The summed E-state index contributed by atoms with van der Waals surface area (Å²) in [5.74, 6) is -1.02. The van der Waals surface area contributed by atoms with Crippen molar-refractivity contribution in [2.24, 2.45) is 0 Å². The summed E-state index contributed by atoms with van der Waals surface area (Å²) >= 11 is 0. The fraction of sp³-hybridized carbons (Fsp3) is 0.455. The molecule has 1 unspecified atom stereocenters. The number of carbonyl (C=O) groups is 1. The maximum atomic E-state index is 10.7. The number of aromatic carboxylic acids is 1. The topological polar surface area (TPSA) is 68.7 Å². The van der Waals surface area contributed by atoms with Gasteiger partial charge in [0, 0.05) is 6.61 Å². The van der Waals surface area contributed by atoms with Gasteiger partial charge in [0.15, 0.2) is 0 Å². The maximum Gasteiger partial charge on any atom is 0.354 e. The average Bonchev–Trinajstić information content (AvgIpc) is 2.79. The minimum Gasteiger partial charge on any atom is -0.477 e. The first-order chi connectivity index (χ1) is 7.75. The quantitative estimate of drug-likeness (QED) is 0.827. The smallest absolute Gasteiger partial charge is 0.354 e. The second-order valence-electron chi connectivity index (χ2n) is 3.62. The zero-order valence-corrected chi connectivity index (χ0v) is 8.76. The van der Waals surface area contributed by atoms with E-state index in [4.69, 9.17) is 14.6 Å². The lowest BCUT2D eigenvalue weighted by atomic mass is 10.3. The number of ether oxygens (including phenoxy) is 2. The van der Waals surface area contributed by atoms with Gasteiger partial charge in [-0.2, -0.15) is 0 Å². The predicted molar refractivity (Wildman–Crippen MR) is 55.2 cm³/mol. The normalized spacial score (nSPS) is 19.9. The monoisotopic (exact) mass is 223 g/mol. The van der Waals surface area contributed by atoms with E-state index < -0.39 is 5.97 Å². The van der Waals surface area contributed by atoms with Crippen molar-refractivity contribution in [2.45, 2.75) is 19.1 Å². The van der Waals surface area contributed by atoms with Gasteiger partial charge >= 0.3 is 5.97 Å². The van der Waals surface area contributed by atoms with Crippen molar-refractivity contribution in [3.05, 3.63) is 29.6 Å². The van der Waals surface area contributed by atoms with Crippen LogP contribution in [0.4, 0.5) is 0 Å². The second kappa shape index (κ2) is 5.05. The van der Waals surface area contributed by atoms with Crippen LogP contribution in [0.25, 0.3) is 0 Å². The molecule has 1 saturated heterocycles. The Morgan fingerprint density at radius 3 is 3.19 bits per heavy atom. The third kappa shape index (κ3) is 2.77. The Morgan fingerprint density at radius 2 is 2.50 bits per heavy atom. The molecule has 5 nitrogen and oxygen atoms in total. The molecule has 1 fully saturated rings. The summed E-state index contributed by atoms with van der Waals surface area (Å²) in [7, 11) is 0. The first-order valence-corrected chi connectivity index (χ1v) is 5.14. The van der Waals surface area contributed by atoms with Gasteiger partial charge in [-0.25, -0.2) is 9.78 Å². The molecule has 0 aromatic carbocycles. The summed E-state index contributed by atoms with van der Waals surface area (Å²) in [6.45, 7) is 1.67. The van der Waals surface area contributed by atoms with Gasteiger partial charge in [0.05, 0.1) is 25.0 Å². The van der Waals surface area contributed by atoms with Gasteiger partial charge in [-0.3, -0.25) is 0 Å². The molecule has 1 atom stereocenters. The first-order valence-electron chi connectivity index (χ1n) is 5.14. The molecular formula is C11H13NO4. The van der Waals surface area contributed by atoms with E-state index in [9.17, 15) is 4.79 Å². The van der Waals surface area contributed by atoms with Gasteiger partial charge in [-0.05, 0) is 18.6 Å². The van der Waals surface area contributed by atoms with Gasteiger partial charge in [-0.15, -0.1) is 0 Å². The zero-order valence-electron chi connectivity index (χ0n) is 8.76. The van der Waals surface area contributed by atoms with Crippen molar-refractivity contribution in [1.82, 2.24) is 4.98 Å². The summed E-state index contributed by atoms with van der Waals surface area (Å²) < 4.78 is 10.7. The number of rotatable bonds is 4. The van der Waals surface area contributed by atoms with E-state index in [0.29, 0.717) is 18.9 Å². The summed E-state index contributed by atoms with van der Waals surface area (Å²) in [4.78, 5) is 14.7. The van der Waals surface area contributed by atoms with Crippen molar-refractivity contribution in [3.8, 4) is 0 Å². The Hall–Kier alpha value is -1.46. The molecule has 0 saturated carbocycles. The lowest BCUT2D eigenvalue weighted by molar-refractivity contribution is 0.0300. The zero-order chi connectivity index (χ0) is 11.4. The van der Waals surface area contributed by atoms with E-state index in [1.165, 1.54) is 6.07 Å². The van der Waals surface area contributed by atoms with E-state index in [-0.39, 0.29) is 11.8 Å². The molecule has 1 aromatic heterocycles. The van der Waals surface area contributed by atoms with Crippen LogP contribution >= 0.6 is 0 Å². The molecule has 1 aliphatic rings. The van der Waals surface area contributed by atoms with E-state index in [1.54, 1.807) is 12.1 Å². The van der Waals surface area contributed by atoms with Crippen LogP contribution in [0.5, 0.6) is 0 Å². The lowest BCUT2D eigenvalue weighted by Crippen LogP contribution is -2.13. The molecule has 5 heteroatoms. The Labute approximate surface area is 93.0 Å². The molecule has 2 rings (SSSR count). The summed E-state index contributed by atoms with van der Waals surface area (Å²) in [5.41, 5.74) is 0.676. The highest BCUT2D eigenvalue weighted by atomic mass is 16.5. The molecule has 16 heavy (non-hydrogen) atoms. The molecule has 86 valence electrons. The van der Waals surface area contributed by atoms with Gasteiger partial charge < -0.3 is 14.6 Å². The SMILES string of the molecule is O=C(O)c1cccc(COC2CCOC2)n1. The number of hydrogen-bond acceptors (Lipinski definition) is 4. The fourth-order valence-corrected chi connectivity index (χ4v) is 1.53. The van der Waals surface area contributed by atoms with Crippen LogP contribution in [0.1, 0.15) is 22.6 Å². The van der Waals surface area contributed by atoms with E-state index in [2.05, 4.69) is 4.98 Å². The summed E-state index contributed by atoms with van der Waals surface area (Å²) in [5, 5.41) is 8.77. The van der Waals surface area contributed by atoms with Gasteiger partial charge in [0.1, 0.15) is 5.69 Å². The maximum absolute atomic E-state index is 10.7. The van der Waals surface area contributed by atoms with Crippen LogP contribution in [0.2, 0.25) is 0 Å². The molecule has 0 amide bonds. The Morgan fingerprint density at radius 1 is 1.62 bits per heavy atom. The standard InChI is InChI=1S/C11H13NO4/c13-11(14)10-3-1-2-8(12-10)6-16-9-4-5-15-7-9/h1-3,9H,4-7H2,(H,13,14). The fourth-order valence-electron chi connectivity index (χ4n) is 1.53. The molecule has 1 aliphatic heterocycles. The minimum atomic E-state index is -1.02. The Bertz CT molecular complexity index is 374. The van der Waals surface area contributed by atoms with Crippen molar-refractivity contribution < 1.29 is 19.4 Å². The third-order valence-corrected chi connectivity index (χ3v) is 2.38. The Kier molecular flexibility index (Phi) is 3.48. The molecule has 2 heterocycles. The third-order valence-electron chi connectivity index (χ3n) is 2.38. The van der Waals surface area contributed by atoms with Gasteiger partial charge in [-0.1, -0.05) is 6.07 Å². The number of hydrogen-bond donors (Lipinski definition) is 1. The van der Waals surface area contributed by atoms with Crippen LogP contribution < -0.4 is 0 Å². The summed E-state index contributed by atoms with van der Waals surface area (Å²) in [6, 6.07) is 4.88. The second-order valence-corrected chi connectivity index (χ2v) is 3.62. The lowest BCUT2D eigenvalue weighted by Gasteiger charge is -2.09. The van der Waals surface area contributed by atoms with E-state index >= 15 is 0 Å². The summed E-state index contributed by atoms with van der Waals surface area (Å²) in [6.07, 6.45) is 0.994. The highest BCUT2D eigenvalue weighted by Gasteiger charge is 2.16. The molecule has 1 N–H and O–H groups in total. The predicted octanol–water partition coefficient (Wildman–Crippen LogP) is 1.09. The van der Waals surface area contributed by atoms with Gasteiger partial charge in [0.2, 0.25) is 0 Å². The average molecular weight is 223 g/mol. The molecular weight excluding hydrogens is 210 g/mol. The van der Waals surface area contributed by atoms with Crippen LogP contribution in [0, 0.1) is 0 Å². The van der Waals surface area contributed by atoms with Crippen molar-refractivity contribution >= 4 is 5.97 Å². The molecule has 0 bridgehead atoms. The Balaban J connectivity index is 1.93. The van der Waals surface area contributed by atoms with Crippen molar-refractivity contribution in [3.63, 3.8) is 0 Å². The minimum absolute atomic E-state index is 0.0452. The van der Waals surface area contributed by atoms with Crippen LogP contribution in [0.3, 0.4) is 0 Å². The molecule has 1 aromatic rings. The van der Waals surface area contributed by atoms with Crippen LogP contribution in [-0.4, -0.2) is 35.4 Å². The molecule has 0 aliphatic carbocycles. The highest BCUT2D eigenvalue weighted by molar-refractivity contribution is 5.85. The van der Waals surface area contributed by atoms with Crippen LogP contribution in [-0.2, 0) is 16.1 Å². The van der Waals surface area contributed by atoms with Crippen LogP contribution in [0.15, 0.2) is 18.2 Å². The van der Waals surface area contributed by atoms with E-state index in [0.717, 1.165) is 13.0 Å². The highest BCUT2D eigenvalue weighted by Crippen LogP contribution is 2.10. The number of carboxylic acid groups (broad SMARTS) is 1. The largest absolute Gasteiger partial charge is 0.477 e. The van der Waals surface area contributed by atoms with Crippen molar-refractivity contribution in [2.75, 3.05) is 13.2 Å². The number of nitrogens with zero attached hydrogens (tertiary/aromatic N) is 1. The first kappa shape index (κ1) is 11.0. The van der Waals surface area contributed by atoms with Gasteiger partial charge in [0.25, 0.3) is 0 Å². The number of pyridine rings is 1.